The van der Waals surface area contributed by atoms with E-state index in [0.29, 0.717) is 6.61 Å². The molecule has 2 aromatic carbocycles. The van der Waals surface area contributed by atoms with Crippen molar-refractivity contribution in [3.8, 4) is 5.75 Å². The van der Waals surface area contributed by atoms with Crippen LogP contribution in [0.3, 0.4) is 0 Å². The summed E-state index contributed by atoms with van der Waals surface area (Å²) < 4.78 is 19.7. The lowest BCUT2D eigenvalue weighted by molar-refractivity contribution is 0.300. The summed E-state index contributed by atoms with van der Waals surface area (Å²) in [6.07, 6.45) is 0. The van der Waals surface area contributed by atoms with Crippen LogP contribution < -0.4 is 10.1 Å². The van der Waals surface area contributed by atoms with Crippen LogP contribution in [0.2, 0.25) is 0 Å². The van der Waals surface area contributed by atoms with E-state index in [4.69, 9.17) is 4.74 Å². The molecule has 0 aliphatic heterocycles. The van der Waals surface area contributed by atoms with Crippen molar-refractivity contribution in [1.29, 1.82) is 0 Å². The number of ether oxygens (including phenoxy) is 1. The number of hydrogen-bond acceptors (Lipinski definition) is 2. The topological polar surface area (TPSA) is 21.3 Å². The van der Waals surface area contributed by atoms with Crippen LogP contribution >= 0.6 is 15.9 Å². The molecule has 2 aromatic rings. The first kappa shape index (κ1) is 15.0. The molecule has 0 fully saturated rings. The third-order valence-electron chi connectivity index (χ3n) is 2.91. The Morgan fingerprint density at radius 2 is 1.90 bits per heavy atom. The van der Waals surface area contributed by atoms with Crippen LogP contribution in [0.4, 0.5) is 4.39 Å². The van der Waals surface area contributed by atoms with E-state index in [0.717, 1.165) is 34.4 Å². The molecule has 106 valence electrons. The lowest BCUT2D eigenvalue weighted by Gasteiger charge is -2.13. The highest BCUT2D eigenvalue weighted by atomic mass is 79.9. The SMILES string of the molecule is CCNCc1cccc(Br)c1OCc1ccc(F)cc1. The molecular weight excluding hydrogens is 321 g/mol. The van der Waals surface area contributed by atoms with Crippen LogP contribution in [0, 0.1) is 5.82 Å². The van der Waals surface area contributed by atoms with Gasteiger partial charge in [-0.15, -0.1) is 0 Å². The van der Waals surface area contributed by atoms with Gasteiger partial charge in [0.25, 0.3) is 0 Å². The van der Waals surface area contributed by atoms with E-state index in [1.54, 1.807) is 12.1 Å². The first-order valence-electron chi connectivity index (χ1n) is 6.56. The Morgan fingerprint density at radius 3 is 2.60 bits per heavy atom. The smallest absolute Gasteiger partial charge is 0.138 e. The maximum absolute atomic E-state index is 12.9. The highest BCUT2D eigenvalue weighted by Crippen LogP contribution is 2.29. The molecule has 0 atom stereocenters. The van der Waals surface area contributed by atoms with Gasteiger partial charge in [-0.05, 0) is 46.2 Å². The van der Waals surface area contributed by atoms with Crippen molar-refractivity contribution in [2.45, 2.75) is 20.1 Å². The quantitative estimate of drug-likeness (QED) is 0.849. The summed E-state index contributed by atoms with van der Waals surface area (Å²) in [6, 6.07) is 12.3. The molecule has 0 aromatic heterocycles. The minimum atomic E-state index is -0.234. The standard InChI is InChI=1S/C16H17BrFNO/c1-2-19-10-13-4-3-5-15(17)16(13)20-11-12-6-8-14(18)9-7-12/h3-9,19H,2,10-11H2,1H3. The molecule has 0 aliphatic rings. The van der Waals surface area contributed by atoms with Gasteiger partial charge in [0, 0.05) is 12.1 Å². The predicted molar refractivity (Wildman–Crippen MR) is 82.3 cm³/mol. The molecular formula is C16H17BrFNO. The lowest BCUT2D eigenvalue weighted by atomic mass is 10.2. The fourth-order valence-electron chi connectivity index (χ4n) is 1.85. The van der Waals surface area contributed by atoms with Crippen LogP contribution in [0.15, 0.2) is 46.9 Å². The molecule has 0 unspecified atom stereocenters. The third kappa shape index (κ3) is 4.05. The zero-order valence-electron chi connectivity index (χ0n) is 11.3. The number of hydrogen-bond donors (Lipinski definition) is 1. The molecule has 20 heavy (non-hydrogen) atoms. The molecule has 0 heterocycles. The van der Waals surface area contributed by atoms with E-state index in [1.807, 2.05) is 18.2 Å². The molecule has 0 saturated heterocycles. The second-order valence-corrected chi connectivity index (χ2v) is 5.28. The molecule has 0 amide bonds. The van der Waals surface area contributed by atoms with Crippen molar-refractivity contribution in [3.63, 3.8) is 0 Å². The van der Waals surface area contributed by atoms with Crippen molar-refractivity contribution < 1.29 is 9.13 Å². The van der Waals surface area contributed by atoms with Crippen LogP contribution in [0.5, 0.6) is 5.75 Å². The lowest BCUT2D eigenvalue weighted by Crippen LogP contribution is -2.13. The Labute approximate surface area is 127 Å². The molecule has 2 nitrogen and oxygen atoms in total. The van der Waals surface area contributed by atoms with Crippen molar-refractivity contribution in [2.24, 2.45) is 0 Å². The Morgan fingerprint density at radius 1 is 1.15 bits per heavy atom. The molecule has 4 heteroatoms. The predicted octanol–water partition coefficient (Wildman–Crippen LogP) is 4.28. The zero-order valence-corrected chi connectivity index (χ0v) is 12.9. The van der Waals surface area contributed by atoms with Crippen molar-refractivity contribution in [2.75, 3.05) is 6.54 Å². The maximum atomic E-state index is 12.9. The number of halogens is 2. The van der Waals surface area contributed by atoms with Gasteiger partial charge >= 0.3 is 0 Å². The summed E-state index contributed by atoms with van der Waals surface area (Å²) in [5.74, 6) is 0.597. The molecule has 0 bridgehead atoms. The molecule has 0 saturated carbocycles. The highest BCUT2D eigenvalue weighted by Gasteiger charge is 2.08. The zero-order chi connectivity index (χ0) is 14.4. The van der Waals surface area contributed by atoms with Gasteiger partial charge in [-0.25, -0.2) is 4.39 Å². The second-order valence-electron chi connectivity index (χ2n) is 4.42. The normalized spacial score (nSPS) is 10.6. The highest BCUT2D eigenvalue weighted by molar-refractivity contribution is 9.10. The summed E-state index contributed by atoms with van der Waals surface area (Å²) in [4.78, 5) is 0. The Balaban J connectivity index is 2.09. The van der Waals surface area contributed by atoms with Gasteiger partial charge in [0.05, 0.1) is 4.47 Å². The van der Waals surface area contributed by atoms with Crippen molar-refractivity contribution >= 4 is 15.9 Å². The van der Waals surface area contributed by atoms with Crippen LogP contribution in [0.1, 0.15) is 18.1 Å². The number of benzene rings is 2. The maximum Gasteiger partial charge on any atom is 0.138 e. The van der Waals surface area contributed by atoms with E-state index in [2.05, 4.69) is 28.2 Å². The first-order chi connectivity index (χ1) is 9.70. The summed E-state index contributed by atoms with van der Waals surface area (Å²) >= 11 is 3.51. The van der Waals surface area contributed by atoms with Gasteiger partial charge in [0.1, 0.15) is 18.2 Å². The van der Waals surface area contributed by atoms with Gasteiger partial charge in [-0.3, -0.25) is 0 Å². The van der Waals surface area contributed by atoms with Crippen molar-refractivity contribution in [3.05, 3.63) is 63.9 Å². The van der Waals surface area contributed by atoms with Crippen molar-refractivity contribution in [1.82, 2.24) is 5.32 Å². The van der Waals surface area contributed by atoms with E-state index >= 15 is 0 Å². The molecule has 0 radical (unpaired) electrons. The van der Waals surface area contributed by atoms with Gasteiger partial charge in [-0.1, -0.05) is 31.2 Å². The minimum absolute atomic E-state index is 0.234. The van der Waals surface area contributed by atoms with Crippen LogP contribution in [-0.4, -0.2) is 6.54 Å². The summed E-state index contributed by atoms with van der Waals surface area (Å²) in [5.41, 5.74) is 2.04. The number of nitrogens with one attached hydrogen (secondary N) is 1. The fraction of sp³-hybridized carbons (Fsp3) is 0.250. The molecule has 2 rings (SSSR count). The average Bonchev–Trinajstić information content (AvgIpc) is 2.46. The Hall–Kier alpha value is -1.39. The van der Waals surface area contributed by atoms with Gasteiger partial charge in [0.15, 0.2) is 0 Å². The summed E-state index contributed by atoms with van der Waals surface area (Å²) in [6.45, 7) is 4.15. The summed E-state index contributed by atoms with van der Waals surface area (Å²) in [5, 5.41) is 3.29. The van der Waals surface area contributed by atoms with E-state index in [1.165, 1.54) is 12.1 Å². The second kappa shape index (κ2) is 7.41. The first-order valence-corrected chi connectivity index (χ1v) is 7.35. The number of rotatable bonds is 6. The minimum Gasteiger partial charge on any atom is -0.487 e. The average molecular weight is 338 g/mol. The van der Waals surface area contributed by atoms with E-state index in [9.17, 15) is 4.39 Å². The van der Waals surface area contributed by atoms with Crippen LogP contribution in [-0.2, 0) is 13.2 Å². The van der Waals surface area contributed by atoms with Crippen LogP contribution in [0.25, 0.3) is 0 Å². The number of para-hydroxylation sites is 1. The third-order valence-corrected chi connectivity index (χ3v) is 3.53. The van der Waals surface area contributed by atoms with E-state index < -0.39 is 0 Å². The van der Waals surface area contributed by atoms with Gasteiger partial charge in [0.2, 0.25) is 0 Å². The Kier molecular flexibility index (Phi) is 5.56. The Bertz CT molecular complexity index is 557. The molecule has 0 aliphatic carbocycles. The monoisotopic (exact) mass is 337 g/mol. The molecule has 0 spiro atoms. The summed E-state index contributed by atoms with van der Waals surface area (Å²) in [7, 11) is 0. The molecule has 1 N–H and O–H groups in total. The fourth-order valence-corrected chi connectivity index (χ4v) is 2.37. The largest absolute Gasteiger partial charge is 0.487 e. The van der Waals surface area contributed by atoms with Gasteiger partial charge in [-0.2, -0.15) is 0 Å². The van der Waals surface area contributed by atoms with E-state index in [-0.39, 0.29) is 5.82 Å². The van der Waals surface area contributed by atoms with Gasteiger partial charge < -0.3 is 10.1 Å².